The number of rotatable bonds is 4. The van der Waals surface area contributed by atoms with E-state index < -0.39 is 0 Å². The lowest BCUT2D eigenvalue weighted by atomic mass is 10.0. The van der Waals surface area contributed by atoms with Crippen LogP contribution in [0, 0.1) is 12.7 Å². The van der Waals surface area contributed by atoms with Crippen LogP contribution in [0.15, 0.2) is 12.1 Å². The molecule has 2 unspecified atom stereocenters. The van der Waals surface area contributed by atoms with Gasteiger partial charge in [0.05, 0.1) is 0 Å². The third-order valence-corrected chi connectivity index (χ3v) is 3.43. The first kappa shape index (κ1) is 14.0. The average Bonchev–Trinajstić information content (AvgIpc) is 2.29. The largest absolute Gasteiger partial charge is 0.372 e. The van der Waals surface area contributed by atoms with Gasteiger partial charge in [-0.25, -0.2) is 4.39 Å². The van der Waals surface area contributed by atoms with Crippen LogP contribution in [-0.2, 0) is 0 Å². The second-order valence-electron chi connectivity index (χ2n) is 4.82. The van der Waals surface area contributed by atoms with Crippen molar-refractivity contribution >= 4 is 5.69 Å². The van der Waals surface area contributed by atoms with Gasteiger partial charge >= 0.3 is 0 Å². The SMILES string of the molecule is CCC(C)N(C)c1cc(C)c(F)cc1C(C)N. The molecule has 2 atom stereocenters. The highest BCUT2D eigenvalue weighted by molar-refractivity contribution is 5.57. The molecule has 0 amide bonds. The smallest absolute Gasteiger partial charge is 0.126 e. The van der Waals surface area contributed by atoms with Crippen molar-refractivity contribution in [2.24, 2.45) is 5.73 Å². The summed E-state index contributed by atoms with van der Waals surface area (Å²) in [7, 11) is 2.03. The summed E-state index contributed by atoms with van der Waals surface area (Å²) in [5, 5.41) is 0. The van der Waals surface area contributed by atoms with E-state index in [1.807, 2.05) is 20.0 Å². The van der Waals surface area contributed by atoms with Gasteiger partial charge in [-0.05, 0) is 50.5 Å². The predicted octanol–water partition coefficient (Wildman–Crippen LogP) is 3.39. The molecule has 1 rings (SSSR count). The number of halogens is 1. The van der Waals surface area contributed by atoms with E-state index in [1.54, 1.807) is 13.0 Å². The first-order valence-electron chi connectivity index (χ1n) is 6.16. The summed E-state index contributed by atoms with van der Waals surface area (Å²) in [4.78, 5) is 2.17. The van der Waals surface area contributed by atoms with Crippen molar-refractivity contribution in [3.63, 3.8) is 0 Å². The lowest BCUT2D eigenvalue weighted by Gasteiger charge is -2.29. The second-order valence-corrected chi connectivity index (χ2v) is 4.82. The van der Waals surface area contributed by atoms with Crippen LogP contribution in [-0.4, -0.2) is 13.1 Å². The molecule has 0 aliphatic heterocycles. The fourth-order valence-electron chi connectivity index (χ4n) is 1.86. The Hall–Kier alpha value is -1.09. The molecule has 2 N–H and O–H groups in total. The Morgan fingerprint density at radius 2 is 1.94 bits per heavy atom. The molecule has 96 valence electrons. The van der Waals surface area contributed by atoms with Crippen LogP contribution in [0.3, 0.4) is 0 Å². The number of hydrogen-bond donors (Lipinski definition) is 1. The van der Waals surface area contributed by atoms with E-state index in [2.05, 4.69) is 18.7 Å². The van der Waals surface area contributed by atoms with Crippen molar-refractivity contribution < 1.29 is 4.39 Å². The van der Waals surface area contributed by atoms with Crippen molar-refractivity contribution in [2.45, 2.75) is 46.2 Å². The maximum Gasteiger partial charge on any atom is 0.126 e. The summed E-state index contributed by atoms with van der Waals surface area (Å²) in [5.74, 6) is -0.182. The first-order valence-corrected chi connectivity index (χ1v) is 6.16. The quantitative estimate of drug-likeness (QED) is 0.871. The summed E-state index contributed by atoms with van der Waals surface area (Å²) in [6.07, 6.45) is 1.05. The van der Waals surface area contributed by atoms with E-state index in [1.165, 1.54) is 0 Å². The number of nitrogens with two attached hydrogens (primary N) is 1. The molecular weight excluding hydrogens is 215 g/mol. The zero-order valence-corrected chi connectivity index (χ0v) is 11.4. The van der Waals surface area contributed by atoms with Crippen molar-refractivity contribution in [1.82, 2.24) is 0 Å². The predicted molar refractivity (Wildman–Crippen MR) is 71.9 cm³/mol. The van der Waals surface area contributed by atoms with Gasteiger partial charge in [-0.15, -0.1) is 0 Å². The standard InChI is InChI=1S/C14H23FN2/c1-6-10(3)17(5)14-7-9(2)13(15)8-12(14)11(4)16/h7-8,10-11H,6,16H2,1-5H3. The van der Waals surface area contributed by atoms with E-state index in [4.69, 9.17) is 5.73 Å². The number of nitrogens with zero attached hydrogens (tertiary/aromatic N) is 1. The Balaban J connectivity index is 3.25. The molecule has 0 bridgehead atoms. The Kier molecular flexibility index (Phi) is 4.52. The van der Waals surface area contributed by atoms with Gasteiger partial charge in [0.2, 0.25) is 0 Å². The molecule has 1 aromatic rings. The van der Waals surface area contributed by atoms with Gasteiger partial charge in [-0.1, -0.05) is 6.92 Å². The molecule has 0 saturated carbocycles. The summed E-state index contributed by atoms with van der Waals surface area (Å²) >= 11 is 0. The van der Waals surface area contributed by atoms with E-state index in [9.17, 15) is 4.39 Å². The van der Waals surface area contributed by atoms with Crippen LogP contribution >= 0.6 is 0 Å². The van der Waals surface area contributed by atoms with Crippen LogP contribution < -0.4 is 10.6 Å². The third-order valence-electron chi connectivity index (χ3n) is 3.43. The Bertz CT molecular complexity index is 388. The zero-order valence-electron chi connectivity index (χ0n) is 11.4. The molecule has 0 saturated heterocycles. The van der Waals surface area contributed by atoms with E-state index in [0.717, 1.165) is 17.7 Å². The molecule has 0 aliphatic rings. The Morgan fingerprint density at radius 1 is 1.35 bits per heavy atom. The Labute approximate surface area is 104 Å². The number of benzene rings is 1. The molecule has 17 heavy (non-hydrogen) atoms. The molecule has 0 spiro atoms. The molecule has 0 radical (unpaired) electrons. The van der Waals surface area contributed by atoms with Crippen LogP contribution in [0.2, 0.25) is 0 Å². The minimum absolute atomic E-state index is 0.161. The molecular formula is C14H23FN2. The van der Waals surface area contributed by atoms with E-state index in [-0.39, 0.29) is 11.9 Å². The molecule has 0 aliphatic carbocycles. The van der Waals surface area contributed by atoms with Crippen molar-refractivity contribution in [1.29, 1.82) is 0 Å². The monoisotopic (exact) mass is 238 g/mol. The fraction of sp³-hybridized carbons (Fsp3) is 0.571. The maximum atomic E-state index is 13.6. The highest BCUT2D eigenvalue weighted by Gasteiger charge is 2.16. The van der Waals surface area contributed by atoms with Gasteiger partial charge < -0.3 is 10.6 Å². The van der Waals surface area contributed by atoms with Crippen molar-refractivity contribution in [3.05, 3.63) is 29.1 Å². The highest BCUT2D eigenvalue weighted by atomic mass is 19.1. The number of anilines is 1. The van der Waals surface area contributed by atoms with Gasteiger partial charge in [0.1, 0.15) is 5.82 Å². The van der Waals surface area contributed by atoms with Crippen LogP contribution in [0.1, 0.15) is 44.4 Å². The summed E-state index contributed by atoms with van der Waals surface area (Å²) in [6.45, 7) is 7.97. The van der Waals surface area contributed by atoms with Gasteiger partial charge in [0.25, 0.3) is 0 Å². The summed E-state index contributed by atoms with van der Waals surface area (Å²) < 4.78 is 13.6. The molecule has 0 heterocycles. The summed E-state index contributed by atoms with van der Waals surface area (Å²) in [6, 6.07) is 3.71. The normalized spacial score (nSPS) is 14.5. The van der Waals surface area contributed by atoms with Crippen LogP contribution in [0.25, 0.3) is 0 Å². The van der Waals surface area contributed by atoms with Crippen LogP contribution in [0.4, 0.5) is 10.1 Å². The van der Waals surface area contributed by atoms with Gasteiger partial charge in [-0.3, -0.25) is 0 Å². The lowest BCUT2D eigenvalue weighted by Crippen LogP contribution is -2.30. The minimum Gasteiger partial charge on any atom is -0.372 e. The van der Waals surface area contributed by atoms with Crippen LogP contribution in [0.5, 0.6) is 0 Å². The summed E-state index contributed by atoms with van der Waals surface area (Å²) in [5.41, 5.74) is 8.49. The zero-order chi connectivity index (χ0) is 13.2. The number of hydrogen-bond acceptors (Lipinski definition) is 2. The maximum absolute atomic E-state index is 13.6. The molecule has 2 nitrogen and oxygen atoms in total. The molecule has 3 heteroatoms. The first-order chi connectivity index (χ1) is 7.88. The topological polar surface area (TPSA) is 29.3 Å². The molecule has 1 aromatic carbocycles. The minimum atomic E-state index is -0.182. The van der Waals surface area contributed by atoms with E-state index >= 15 is 0 Å². The fourth-order valence-corrected chi connectivity index (χ4v) is 1.86. The highest BCUT2D eigenvalue weighted by Crippen LogP contribution is 2.29. The number of aryl methyl sites for hydroxylation is 1. The average molecular weight is 238 g/mol. The molecule has 0 aromatic heterocycles. The van der Waals surface area contributed by atoms with E-state index in [0.29, 0.717) is 11.6 Å². The Morgan fingerprint density at radius 3 is 2.41 bits per heavy atom. The van der Waals surface area contributed by atoms with Crippen molar-refractivity contribution in [3.8, 4) is 0 Å². The lowest BCUT2D eigenvalue weighted by molar-refractivity contribution is 0.609. The van der Waals surface area contributed by atoms with Gasteiger partial charge in [-0.2, -0.15) is 0 Å². The van der Waals surface area contributed by atoms with Crippen molar-refractivity contribution in [2.75, 3.05) is 11.9 Å². The third kappa shape index (κ3) is 2.97. The molecule has 0 fully saturated rings. The van der Waals surface area contributed by atoms with Gasteiger partial charge in [0.15, 0.2) is 0 Å². The van der Waals surface area contributed by atoms with Gasteiger partial charge in [0, 0.05) is 24.8 Å². The second kappa shape index (κ2) is 5.50.